The van der Waals surface area contributed by atoms with E-state index in [1.54, 1.807) is 17.1 Å². The van der Waals surface area contributed by atoms with Crippen molar-refractivity contribution in [2.24, 2.45) is 0 Å². The highest BCUT2D eigenvalue weighted by Gasteiger charge is 2.07. The number of carbonyl (C=O) groups excluding carboxylic acids is 1. The predicted octanol–water partition coefficient (Wildman–Crippen LogP) is 2.65. The van der Waals surface area contributed by atoms with Crippen molar-refractivity contribution in [2.75, 3.05) is 11.9 Å². The number of hydrogen-bond donors (Lipinski definition) is 2. The first-order valence-electron chi connectivity index (χ1n) is 6.92. The molecular formula is C16H20N4O. The fourth-order valence-corrected chi connectivity index (χ4v) is 1.98. The molecule has 0 saturated heterocycles. The summed E-state index contributed by atoms with van der Waals surface area (Å²) in [5.41, 5.74) is 3.76. The third-order valence-electron chi connectivity index (χ3n) is 3.16. The average Bonchev–Trinajstić information content (AvgIpc) is 2.94. The quantitative estimate of drug-likeness (QED) is 0.857. The minimum atomic E-state index is -0.0555. The third kappa shape index (κ3) is 3.72. The van der Waals surface area contributed by atoms with Gasteiger partial charge in [0.2, 0.25) is 0 Å². The van der Waals surface area contributed by atoms with Crippen molar-refractivity contribution in [1.82, 2.24) is 15.1 Å². The largest absolute Gasteiger partial charge is 0.381 e. The van der Waals surface area contributed by atoms with E-state index >= 15 is 0 Å². The summed E-state index contributed by atoms with van der Waals surface area (Å²) in [4.78, 5) is 11.9. The van der Waals surface area contributed by atoms with Crippen molar-refractivity contribution < 1.29 is 4.79 Å². The molecule has 2 N–H and O–H groups in total. The van der Waals surface area contributed by atoms with Crippen LogP contribution < -0.4 is 10.6 Å². The van der Waals surface area contributed by atoms with Gasteiger partial charge >= 0.3 is 0 Å². The molecule has 0 aliphatic heterocycles. The fraction of sp³-hybridized carbons (Fsp3) is 0.250. The van der Waals surface area contributed by atoms with Gasteiger partial charge in [0.25, 0.3) is 5.91 Å². The number of rotatable bonds is 6. The van der Waals surface area contributed by atoms with Gasteiger partial charge in [-0.25, -0.2) is 4.68 Å². The standard InChI is InChI=1S/C16H20N4O/c1-4-17-16(21)14-7-6-12(3)15(8-14)18-9-13-10-19-20(5-2)11-13/h5-8,10-11,18H,2,4,9H2,1,3H3,(H,17,21). The molecule has 0 saturated carbocycles. The molecule has 2 rings (SSSR count). The molecule has 1 aromatic carbocycles. The summed E-state index contributed by atoms with van der Waals surface area (Å²) in [6.07, 6.45) is 5.34. The minimum Gasteiger partial charge on any atom is -0.381 e. The van der Waals surface area contributed by atoms with Crippen molar-refractivity contribution in [1.29, 1.82) is 0 Å². The summed E-state index contributed by atoms with van der Waals surface area (Å²) >= 11 is 0. The maximum Gasteiger partial charge on any atom is 0.251 e. The van der Waals surface area contributed by atoms with Gasteiger partial charge in [0, 0.05) is 42.3 Å². The Morgan fingerprint density at radius 1 is 1.48 bits per heavy atom. The summed E-state index contributed by atoms with van der Waals surface area (Å²) in [7, 11) is 0. The molecule has 0 aliphatic carbocycles. The number of carbonyl (C=O) groups is 1. The molecule has 1 aromatic heterocycles. The zero-order valence-electron chi connectivity index (χ0n) is 12.4. The first kappa shape index (κ1) is 14.8. The van der Waals surface area contributed by atoms with Gasteiger partial charge in [-0.3, -0.25) is 4.79 Å². The van der Waals surface area contributed by atoms with E-state index in [1.165, 1.54) is 0 Å². The van der Waals surface area contributed by atoms with Crippen molar-refractivity contribution in [2.45, 2.75) is 20.4 Å². The second-order valence-corrected chi connectivity index (χ2v) is 4.75. The van der Waals surface area contributed by atoms with Crippen molar-refractivity contribution in [3.63, 3.8) is 0 Å². The Morgan fingerprint density at radius 2 is 2.29 bits per heavy atom. The lowest BCUT2D eigenvalue weighted by Gasteiger charge is -2.11. The smallest absolute Gasteiger partial charge is 0.251 e. The van der Waals surface area contributed by atoms with Crippen LogP contribution in [0.2, 0.25) is 0 Å². The molecule has 0 bridgehead atoms. The molecule has 0 radical (unpaired) electrons. The van der Waals surface area contributed by atoms with Crippen LogP contribution >= 0.6 is 0 Å². The maximum absolute atomic E-state index is 11.9. The van der Waals surface area contributed by atoms with Crippen LogP contribution in [-0.2, 0) is 6.54 Å². The van der Waals surface area contributed by atoms with E-state index in [4.69, 9.17) is 0 Å². The topological polar surface area (TPSA) is 59.0 Å². The van der Waals surface area contributed by atoms with Crippen LogP contribution in [-0.4, -0.2) is 22.2 Å². The van der Waals surface area contributed by atoms with Crippen LogP contribution in [0.1, 0.15) is 28.4 Å². The molecule has 1 amide bonds. The molecule has 5 heteroatoms. The normalized spacial score (nSPS) is 10.2. The van der Waals surface area contributed by atoms with E-state index < -0.39 is 0 Å². The Kier molecular flexibility index (Phi) is 4.77. The minimum absolute atomic E-state index is 0.0555. The number of aryl methyl sites for hydroxylation is 1. The van der Waals surface area contributed by atoms with Crippen LogP contribution in [0.15, 0.2) is 37.2 Å². The van der Waals surface area contributed by atoms with Gasteiger partial charge < -0.3 is 10.6 Å². The van der Waals surface area contributed by atoms with Crippen LogP contribution in [0.5, 0.6) is 0 Å². The first-order chi connectivity index (χ1) is 10.1. The van der Waals surface area contributed by atoms with Gasteiger partial charge in [-0.2, -0.15) is 5.10 Å². The second kappa shape index (κ2) is 6.74. The molecule has 0 unspecified atom stereocenters. The SMILES string of the molecule is C=Cn1cc(CNc2cc(C(=O)NCC)ccc2C)cn1. The Morgan fingerprint density at radius 3 is 2.95 bits per heavy atom. The second-order valence-electron chi connectivity index (χ2n) is 4.75. The van der Waals surface area contributed by atoms with Crippen molar-refractivity contribution in [3.05, 3.63) is 53.9 Å². The highest BCUT2D eigenvalue weighted by molar-refractivity contribution is 5.95. The first-order valence-corrected chi connectivity index (χ1v) is 6.92. The molecule has 110 valence electrons. The monoisotopic (exact) mass is 284 g/mol. The van der Waals surface area contributed by atoms with Crippen LogP contribution in [0.4, 0.5) is 5.69 Å². The van der Waals surface area contributed by atoms with Gasteiger partial charge in [-0.05, 0) is 31.5 Å². The van der Waals surface area contributed by atoms with Gasteiger partial charge in [0.15, 0.2) is 0 Å². The lowest BCUT2D eigenvalue weighted by atomic mass is 10.1. The van der Waals surface area contributed by atoms with E-state index in [1.807, 2.05) is 38.2 Å². The summed E-state index contributed by atoms with van der Waals surface area (Å²) < 4.78 is 1.66. The summed E-state index contributed by atoms with van der Waals surface area (Å²) in [5.74, 6) is -0.0555. The number of aromatic nitrogens is 2. The zero-order chi connectivity index (χ0) is 15.2. The van der Waals surface area contributed by atoms with Gasteiger partial charge in [0.1, 0.15) is 0 Å². The highest BCUT2D eigenvalue weighted by Crippen LogP contribution is 2.18. The molecule has 0 spiro atoms. The Hall–Kier alpha value is -2.56. The van der Waals surface area contributed by atoms with Gasteiger partial charge in [-0.15, -0.1) is 0 Å². The lowest BCUT2D eigenvalue weighted by molar-refractivity contribution is 0.0956. The summed E-state index contributed by atoms with van der Waals surface area (Å²) in [5, 5.41) is 10.3. The Balaban J connectivity index is 2.09. The van der Waals surface area contributed by atoms with Crippen LogP contribution in [0.3, 0.4) is 0 Å². The fourth-order valence-electron chi connectivity index (χ4n) is 1.98. The number of nitrogens with one attached hydrogen (secondary N) is 2. The van der Waals surface area contributed by atoms with E-state index in [2.05, 4.69) is 22.3 Å². The van der Waals surface area contributed by atoms with Crippen molar-refractivity contribution in [3.8, 4) is 0 Å². The van der Waals surface area contributed by atoms with Crippen LogP contribution in [0, 0.1) is 6.92 Å². The highest BCUT2D eigenvalue weighted by atomic mass is 16.1. The molecule has 0 fully saturated rings. The summed E-state index contributed by atoms with van der Waals surface area (Å²) in [6, 6.07) is 5.65. The molecule has 21 heavy (non-hydrogen) atoms. The van der Waals surface area contributed by atoms with Gasteiger partial charge in [-0.1, -0.05) is 12.6 Å². The molecule has 1 heterocycles. The average molecular weight is 284 g/mol. The lowest BCUT2D eigenvalue weighted by Crippen LogP contribution is -2.22. The number of hydrogen-bond acceptors (Lipinski definition) is 3. The van der Waals surface area contributed by atoms with E-state index in [0.717, 1.165) is 16.8 Å². The number of anilines is 1. The molecule has 0 aliphatic rings. The van der Waals surface area contributed by atoms with Crippen molar-refractivity contribution >= 4 is 17.8 Å². The number of nitrogens with zero attached hydrogens (tertiary/aromatic N) is 2. The van der Waals surface area contributed by atoms with Crippen LogP contribution in [0.25, 0.3) is 6.20 Å². The molecular weight excluding hydrogens is 264 g/mol. The van der Waals surface area contributed by atoms with E-state index in [0.29, 0.717) is 18.7 Å². The zero-order valence-corrected chi connectivity index (χ0v) is 12.4. The van der Waals surface area contributed by atoms with E-state index in [-0.39, 0.29) is 5.91 Å². The Bertz CT molecular complexity index is 645. The van der Waals surface area contributed by atoms with Gasteiger partial charge in [0.05, 0.1) is 6.20 Å². The molecule has 0 atom stereocenters. The molecule has 2 aromatic rings. The number of amides is 1. The number of benzene rings is 1. The summed E-state index contributed by atoms with van der Waals surface area (Å²) in [6.45, 7) is 8.84. The Labute approximate surface area is 124 Å². The maximum atomic E-state index is 11.9. The third-order valence-corrected chi connectivity index (χ3v) is 3.16. The molecule has 5 nitrogen and oxygen atoms in total. The predicted molar refractivity (Wildman–Crippen MR) is 85.1 cm³/mol. The van der Waals surface area contributed by atoms with E-state index in [9.17, 15) is 4.79 Å².